The molecule has 0 radical (unpaired) electrons. The Balaban J connectivity index is 1.29. The molecule has 11 heteroatoms. The van der Waals surface area contributed by atoms with Gasteiger partial charge in [-0.15, -0.1) is 0 Å². The van der Waals surface area contributed by atoms with Crippen LogP contribution in [0.3, 0.4) is 0 Å². The van der Waals surface area contributed by atoms with E-state index in [0.29, 0.717) is 27.4 Å². The van der Waals surface area contributed by atoms with Crippen molar-refractivity contribution in [2.45, 2.75) is 104 Å². The quantitative estimate of drug-likeness (QED) is 0.155. The molecular formula is C34H43IO10. The van der Waals surface area contributed by atoms with Crippen LogP contribution < -0.4 is 0 Å². The predicted octanol–water partition coefficient (Wildman–Crippen LogP) is 4.80. The standard InChI is InChI=1S/C34H43IO10/c1-16-11-27(44-31(40)22(16)14-41-18(3)36)17(2)23-7-8-24-21-12-29-34(45-29)28(43-20(5)38)13-26(35)30(39)33(34,15-42-19(4)37)25(21)9-10-32(23,24)6/h13,17,21,23-25,27-29H,7-12,14-15H2,1-6H3/t17-,21-,23+,24-,25-,27+,28-,29+,32+,33-,34+/m0/s1. The van der Waals surface area contributed by atoms with E-state index in [1.807, 2.05) is 29.5 Å². The van der Waals surface area contributed by atoms with Gasteiger partial charge in [-0.3, -0.25) is 19.2 Å². The lowest BCUT2D eigenvalue weighted by atomic mass is 9.44. The topological polar surface area (TPSA) is 135 Å². The number of hydrogen-bond acceptors (Lipinski definition) is 10. The van der Waals surface area contributed by atoms with E-state index in [9.17, 15) is 24.0 Å². The van der Waals surface area contributed by atoms with E-state index in [0.717, 1.165) is 37.7 Å². The minimum atomic E-state index is -1.14. The van der Waals surface area contributed by atoms with Crippen molar-refractivity contribution in [3.63, 3.8) is 0 Å². The second kappa shape index (κ2) is 11.5. The van der Waals surface area contributed by atoms with E-state index in [2.05, 4.69) is 13.8 Å². The molecule has 4 aliphatic carbocycles. The molecule has 1 saturated heterocycles. The van der Waals surface area contributed by atoms with Crippen LogP contribution >= 0.6 is 22.6 Å². The summed E-state index contributed by atoms with van der Waals surface area (Å²) in [5, 5.41) is 0. The number of hydrogen-bond donors (Lipinski definition) is 0. The Kier molecular flexibility index (Phi) is 8.31. The first kappa shape index (κ1) is 32.7. The van der Waals surface area contributed by atoms with Gasteiger partial charge in [-0.05, 0) is 103 Å². The number of Topliss-reactive ketones (excluding diaryl/α,β-unsaturated/α-hetero) is 1. The van der Waals surface area contributed by atoms with Crippen LogP contribution in [0.2, 0.25) is 0 Å². The van der Waals surface area contributed by atoms with Crippen molar-refractivity contribution < 1.29 is 47.7 Å². The van der Waals surface area contributed by atoms with E-state index in [-0.39, 0.29) is 54.4 Å². The number of carbonyl (C=O) groups excluding carboxylic acids is 5. The first-order valence-corrected chi connectivity index (χ1v) is 17.2. The number of carbonyl (C=O) groups is 5. The Labute approximate surface area is 277 Å². The Bertz CT molecular complexity index is 1400. The molecule has 0 aromatic rings. The average molecular weight is 739 g/mol. The molecule has 45 heavy (non-hydrogen) atoms. The average Bonchev–Trinajstić information content (AvgIpc) is 3.58. The fourth-order valence-corrected chi connectivity index (χ4v) is 11.2. The molecule has 0 N–H and O–H groups in total. The van der Waals surface area contributed by atoms with Gasteiger partial charge in [-0.1, -0.05) is 19.4 Å². The molecule has 0 amide bonds. The Morgan fingerprint density at radius 3 is 2.40 bits per heavy atom. The normalized spacial score (nSPS) is 42.2. The summed E-state index contributed by atoms with van der Waals surface area (Å²) in [6, 6.07) is 0. The number of halogens is 1. The first-order chi connectivity index (χ1) is 21.2. The molecule has 2 heterocycles. The van der Waals surface area contributed by atoms with Crippen molar-refractivity contribution in [3.05, 3.63) is 20.8 Å². The number of ketones is 1. The highest BCUT2D eigenvalue weighted by Gasteiger charge is 2.84. The Hall–Kier alpha value is -2.28. The number of esters is 4. The van der Waals surface area contributed by atoms with E-state index in [1.54, 1.807) is 6.08 Å². The van der Waals surface area contributed by atoms with Crippen LogP contribution in [0.4, 0.5) is 0 Å². The molecule has 246 valence electrons. The van der Waals surface area contributed by atoms with Crippen molar-refractivity contribution in [2.24, 2.45) is 40.4 Å². The van der Waals surface area contributed by atoms with Crippen LogP contribution in [0.25, 0.3) is 0 Å². The second-order valence-electron chi connectivity index (χ2n) is 14.4. The number of epoxide rings is 1. The van der Waals surface area contributed by atoms with Crippen LogP contribution in [-0.2, 0) is 47.7 Å². The van der Waals surface area contributed by atoms with Crippen molar-refractivity contribution in [3.8, 4) is 0 Å². The molecule has 0 aromatic heterocycles. The summed E-state index contributed by atoms with van der Waals surface area (Å²) in [6.45, 7) is 10.3. The third-order valence-corrected chi connectivity index (χ3v) is 13.2. The SMILES string of the molecule is CC(=O)OCC1=C(C)C[C@H]([C@@H](C)[C@H]2CC[C@H]3[C@@H]4C[C@H]5O[C@]56[C@@H](OC(C)=O)C=C(I)C(=O)[C@]6(COC(C)=O)[C@H]4CC[C@]23C)OC1=O. The zero-order valence-corrected chi connectivity index (χ0v) is 29.0. The molecule has 4 fully saturated rings. The third kappa shape index (κ3) is 4.92. The molecule has 6 rings (SSSR count). The lowest BCUT2D eigenvalue weighted by Gasteiger charge is -2.59. The van der Waals surface area contributed by atoms with Gasteiger partial charge in [0.1, 0.15) is 24.7 Å². The lowest BCUT2D eigenvalue weighted by Crippen LogP contribution is -2.67. The number of fused-ring (bicyclic) bond motifs is 4. The van der Waals surface area contributed by atoms with Crippen LogP contribution in [-0.4, -0.2) is 66.8 Å². The van der Waals surface area contributed by atoms with Gasteiger partial charge in [0.05, 0.1) is 15.3 Å². The maximum absolute atomic E-state index is 14.4. The number of ether oxygens (including phenoxy) is 5. The van der Waals surface area contributed by atoms with Crippen LogP contribution in [0.5, 0.6) is 0 Å². The largest absolute Gasteiger partial charge is 0.465 e. The maximum Gasteiger partial charge on any atom is 0.337 e. The van der Waals surface area contributed by atoms with Gasteiger partial charge in [0.25, 0.3) is 0 Å². The highest BCUT2D eigenvalue weighted by molar-refractivity contribution is 14.1. The monoisotopic (exact) mass is 738 g/mol. The smallest absolute Gasteiger partial charge is 0.337 e. The van der Waals surface area contributed by atoms with Gasteiger partial charge < -0.3 is 23.7 Å². The third-order valence-electron chi connectivity index (χ3n) is 12.4. The van der Waals surface area contributed by atoms with Crippen molar-refractivity contribution in [1.29, 1.82) is 0 Å². The molecular weight excluding hydrogens is 695 g/mol. The van der Waals surface area contributed by atoms with Gasteiger partial charge in [0.2, 0.25) is 0 Å². The van der Waals surface area contributed by atoms with Gasteiger partial charge in [-0.2, -0.15) is 0 Å². The maximum atomic E-state index is 14.4. The fraction of sp³-hybridized carbons (Fsp3) is 0.735. The van der Waals surface area contributed by atoms with E-state index >= 15 is 0 Å². The van der Waals surface area contributed by atoms with Gasteiger partial charge in [-0.25, -0.2) is 4.79 Å². The Morgan fingerprint density at radius 1 is 1.04 bits per heavy atom. The summed E-state index contributed by atoms with van der Waals surface area (Å²) in [5.41, 5.74) is -0.900. The fourth-order valence-electron chi connectivity index (χ4n) is 10.4. The molecule has 0 aromatic carbocycles. The van der Waals surface area contributed by atoms with Crippen molar-refractivity contribution >= 4 is 52.3 Å². The first-order valence-electron chi connectivity index (χ1n) is 16.1. The lowest BCUT2D eigenvalue weighted by molar-refractivity contribution is -0.181. The molecule has 0 bridgehead atoms. The summed E-state index contributed by atoms with van der Waals surface area (Å²) in [6.07, 6.45) is 5.36. The molecule has 3 saturated carbocycles. The minimum absolute atomic E-state index is 0.0455. The van der Waals surface area contributed by atoms with E-state index < -0.39 is 41.0 Å². The second-order valence-corrected chi connectivity index (χ2v) is 15.6. The number of cyclic esters (lactones) is 1. The molecule has 0 unspecified atom stereocenters. The molecule has 2 aliphatic heterocycles. The Morgan fingerprint density at radius 2 is 1.76 bits per heavy atom. The summed E-state index contributed by atoms with van der Waals surface area (Å²) in [7, 11) is 0. The van der Waals surface area contributed by atoms with Gasteiger partial charge >= 0.3 is 23.9 Å². The van der Waals surface area contributed by atoms with Crippen LogP contribution in [0.1, 0.15) is 80.1 Å². The van der Waals surface area contributed by atoms with Gasteiger partial charge in [0, 0.05) is 27.2 Å². The predicted molar refractivity (Wildman–Crippen MR) is 167 cm³/mol. The van der Waals surface area contributed by atoms with Crippen LogP contribution in [0.15, 0.2) is 20.8 Å². The van der Waals surface area contributed by atoms with Crippen LogP contribution in [0, 0.1) is 40.4 Å². The zero-order valence-electron chi connectivity index (χ0n) is 26.8. The summed E-state index contributed by atoms with van der Waals surface area (Å²) in [5.74, 6) is -1.08. The molecule has 10 nitrogen and oxygen atoms in total. The minimum Gasteiger partial charge on any atom is -0.465 e. The summed E-state index contributed by atoms with van der Waals surface area (Å²) >= 11 is 2.03. The molecule has 6 aliphatic rings. The zero-order chi connectivity index (χ0) is 32.6. The van der Waals surface area contributed by atoms with Crippen molar-refractivity contribution in [1.82, 2.24) is 0 Å². The molecule has 11 atom stereocenters. The highest BCUT2D eigenvalue weighted by Crippen LogP contribution is 2.74. The summed E-state index contributed by atoms with van der Waals surface area (Å²) < 4.78 is 29.6. The molecule has 1 spiro atoms. The van der Waals surface area contributed by atoms with Gasteiger partial charge in [0.15, 0.2) is 17.5 Å². The number of allylic oxidation sites excluding steroid dienone is 1. The highest BCUT2D eigenvalue weighted by atomic mass is 127. The number of rotatable bonds is 7. The summed E-state index contributed by atoms with van der Waals surface area (Å²) in [4.78, 5) is 63.0. The van der Waals surface area contributed by atoms with E-state index in [1.165, 1.54) is 20.8 Å². The van der Waals surface area contributed by atoms with E-state index in [4.69, 9.17) is 23.7 Å². The van der Waals surface area contributed by atoms with Crippen molar-refractivity contribution in [2.75, 3.05) is 13.2 Å².